The Bertz CT molecular complexity index is 829. The van der Waals surface area contributed by atoms with E-state index in [0.717, 1.165) is 0 Å². The van der Waals surface area contributed by atoms with E-state index in [9.17, 15) is 14.7 Å². The summed E-state index contributed by atoms with van der Waals surface area (Å²) in [4.78, 5) is 23.3. The average molecular weight is 399 g/mol. The van der Waals surface area contributed by atoms with Crippen molar-refractivity contribution in [2.45, 2.75) is 38.3 Å². The highest BCUT2D eigenvalue weighted by atomic mass is 32.2. The Morgan fingerprint density at radius 2 is 1.61 bits per heavy atom. The number of nitrogens with one attached hydrogen (secondary N) is 1. The SMILES string of the molecule is CC(C)(C)OC(=O)N[C@@H](CSCC1c2ccccc2-c2ccccc21)C(=O)[O-]. The third-order valence-electron chi connectivity index (χ3n) is 4.51. The van der Waals surface area contributed by atoms with E-state index in [1.807, 2.05) is 24.3 Å². The number of carboxylic acids is 1. The highest BCUT2D eigenvalue weighted by molar-refractivity contribution is 7.99. The number of carbonyl (C=O) groups excluding carboxylic acids is 2. The lowest BCUT2D eigenvalue weighted by Gasteiger charge is -2.24. The van der Waals surface area contributed by atoms with E-state index in [1.54, 1.807) is 20.8 Å². The van der Waals surface area contributed by atoms with Crippen LogP contribution in [0.2, 0.25) is 0 Å². The van der Waals surface area contributed by atoms with Crippen LogP contribution in [0.4, 0.5) is 4.79 Å². The molecule has 5 nitrogen and oxygen atoms in total. The number of aliphatic carboxylic acids is 1. The van der Waals surface area contributed by atoms with Crippen LogP contribution in [0.25, 0.3) is 11.1 Å². The van der Waals surface area contributed by atoms with E-state index in [2.05, 4.69) is 29.6 Å². The molecule has 1 aliphatic rings. The molecule has 1 N–H and O–H groups in total. The number of thioether (sulfide) groups is 1. The molecule has 1 atom stereocenters. The maximum Gasteiger partial charge on any atom is 0.408 e. The average Bonchev–Trinajstić information content (AvgIpc) is 2.94. The van der Waals surface area contributed by atoms with Gasteiger partial charge in [-0.3, -0.25) is 0 Å². The number of hydrogen-bond donors (Lipinski definition) is 1. The quantitative estimate of drug-likeness (QED) is 0.809. The van der Waals surface area contributed by atoms with Crippen molar-refractivity contribution in [3.63, 3.8) is 0 Å². The third kappa shape index (κ3) is 4.68. The summed E-state index contributed by atoms with van der Waals surface area (Å²) < 4.78 is 5.14. The van der Waals surface area contributed by atoms with Crippen molar-refractivity contribution in [1.29, 1.82) is 0 Å². The summed E-state index contributed by atoms with van der Waals surface area (Å²) >= 11 is 1.48. The summed E-state index contributed by atoms with van der Waals surface area (Å²) in [6.45, 7) is 5.18. The van der Waals surface area contributed by atoms with Crippen molar-refractivity contribution >= 4 is 23.8 Å². The highest BCUT2D eigenvalue weighted by Crippen LogP contribution is 2.45. The summed E-state index contributed by atoms with van der Waals surface area (Å²) in [6, 6.07) is 15.5. The number of carbonyl (C=O) groups is 2. The summed E-state index contributed by atoms with van der Waals surface area (Å²) in [7, 11) is 0. The lowest BCUT2D eigenvalue weighted by molar-refractivity contribution is -0.307. The van der Waals surface area contributed by atoms with Gasteiger partial charge in [0.1, 0.15) is 5.60 Å². The summed E-state index contributed by atoms with van der Waals surface area (Å²) in [5, 5.41) is 13.8. The van der Waals surface area contributed by atoms with Crippen molar-refractivity contribution in [3.8, 4) is 11.1 Å². The van der Waals surface area contributed by atoms with Gasteiger partial charge in [0.2, 0.25) is 0 Å². The van der Waals surface area contributed by atoms with Gasteiger partial charge in [-0.05, 0) is 43.0 Å². The molecule has 0 bridgehead atoms. The number of fused-ring (bicyclic) bond motifs is 3. The Labute approximate surface area is 169 Å². The molecule has 2 aromatic carbocycles. The van der Waals surface area contributed by atoms with Gasteiger partial charge in [-0.15, -0.1) is 0 Å². The van der Waals surface area contributed by atoms with E-state index in [1.165, 1.54) is 34.0 Å². The van der Waals surface area contributed by atoms with Crippen LogP contribution < -0.4 is 10.4 Å². The predicted octanol–water partition coefficient (Wildman–Crippen LogP) is 3.18. The Balaban J connectivity index is 1.65. The van der Waals surface area contributed by atoms with Gasteiger partial charge in [-0.25, -0.2) is 4.79 Å². The van der Waals surface area contributed by atoms with Gasteiger partial charge in [-0.1, -0.05) is 48.5 Å². The molecule has 2 aromatic rings. The molecule has 0 aromatic heterocycles. The molecule has 3 rings (SSSR count). The molecule has 6 heteroatoms. The van der Waals surface area contributed by atoms with E-state index < -0.39 is 23.7 Å². The normalized spacial score (nSPS) is 14.1. The molecular formula is C22H24NO4S-. The maximum absolute atomic E-state index is 11.9. The number of alkyl carbamates (subject to hydrolysis) is 1. The van der Waals surface area contributed by atoms with Crippen LogP contribution in [0.3, 0.4) is 0 Å². The van der Waals surface area contributed by atoms with E-state index in [0.29, 0.717) is 5.75 Å². The third-order valence-corrected chi connectivity index (χ3v) is 5.65. The van der Waals surface area contributed by atoms with Crippen LogP contribution in [-0.4, -0.2) is 35.2 Å². The molecule has 0 saturated carbocycles. The van der Waals surface area contributed by atoms with Gasteiger partial charge in [0.15, 0.2) is 0 Å². The monoisotopic (exact) mass is 398 g/mol. The molecule has 0 heterocycles. The number of rotatable bonds is 6. The van der Waals surface area contributed by atoms with E-state index >= 15 is 0 Å². The smallest absolute Gasteiger partial charge is 0.408 e. The summed E-state index contributed by atoms with van der Waals surface area (Å²) in [5.41, 5.74) is 4.27. The van der Waals surface area contributed by atoms with Crippen molar-refractivity contribution in [2.75, 3.05) is 11.5 Å². The maximum atomic E-state index is 11.9. The van der Waals surface area contributed by atoms with Crippen LogP contribution >= 0.6 is 11.8 Å². The van der Waals surface area contributed by atoms with E-state index in [4.69, 9.17) is 4.74 Å². The van der Waals surface area contributed by atoms with Gasteiger partial charge in [0.25, 0.3) is 0 Å². The molecule has 1 amide bonds. The number of benzene rings is 2. The number of hydrogen-bond acceptors (Lipinski definition) is 5. The van der Waals surface area contributed by atoms with Crippen molar-refractivity contribution < 1.29 is 19.4 Å². The predicted molar refractivity (Wildman–Crippen MR) is 109 cm³/mol. The molecule has 0 saturated heterocycles. The van der Waals surface area contributed by atoms with Crippen molar-refractivity contribution in [2.24, 2.45) is 0 Å². The lowest BCUT2D eigenvalue weighted by atomic mass is 9.99. The zero-order valence-electron chi connectivity index (χ0n) is 16.2. The zero-order valence-corrected chi connectivity index (χ0v) is 17.0. The fourth-order valence-corrected chi connectivity index (χ4v) is 4.55. The van der Waals surface area contributed by atoms with Crippen LogP contribution in [-0.2, 0) is 9.53 Å². The number of amides is 1. The zero-order chi connectivity index (χ0) is 20.3. The largest absolute Gasteiger partial charge is 0.548 e. The molecule has 0 aliphatic heterocycles. The van der Waals surface area contributed by atoms with Gasteiger partial charge >= 0.3 is 6.09 Å². The number of carboxylic acid groups (broad SMARTS) is 1. The standard InChI is InChI=1S/C22H25NO4S/c1-22(2,3)27-21(26)23-19(20(24)25)13-28-12-18-16-10-6-4-8-14(16)15-9-5-7-11-17(15)18/h4-11,18-19H,12-13H2,1-3H3,(H,23,26)(H,24,25)/p-1/t19-/m0/s1. The van der Waals surface area contributed by atoms with Crippen molar-refractivity contribution in [1.82, 2.24) is 5.32 Å². The first-order valence-corrected chi connectivity index (χ1v) is 10.4. The van der Waals surface area contributed by atoms with Gasteiger partial charge in [0, 0.05) is 17.4 Å². The highest BCUT2D eigenvalue weighted by Gasteiger charge is 2.28. The first-order chi connectivity index (χ1) is 13.3. The fraction of sp³-hybridized carbons (Fsp3) is 0.364. The minimum absolute atomic E-state index is 0.196. The molecule has 0 unspecified atom stereocenters. The Morgan fingerprint density at radius 3 is 2.11 bits per heavy atom. The molecule has 148 valence electrons. The van der Waals surface area contributed by atoms with Crippen LogP contribution in [0, 0.1) is 0 Å². The molecule has 28 heavy (non-hydrogen) atoms. The van der Waals surface area contributed by atoms with E-state index in [-0.39, 0.29) is 11.7 Å². The summed E-state index contributed by atoms with van der Waals surface area (Å²) in [6.07, 6.45) is -0.751. The first-order valence-electron chi connectivity index (χ1n) is 9.22. The second-order valence-electron chi connectivity index (χ2n) is 7.78. The molecular weight excluding hydrogens is 374 g/mol. The minimum Gasteiger partial charge on any atom is -0.548 e. The van der Waals surface area contributed by atoms with Crippen LogP contribution in [0.5, 0.6) is 0 Å². The van der Waals surface area contributed by atoms with Gasteiger partial charge in [0.05, 0.1) is 12.0 Å². The Morgan fingerprint density at radius 1 is 1.07 bits per heavy atom. The molecule has 0 spiro atoms. The van der Waals surface area contributed by atoms with Crippen molar-refractivity contribution in [3.05, 3.63) is 59.7 Å². The minimum atomic E-state index is -1.31. The molecule has 0 radical (unpaired) electrons. The number of ether oxygens (including phenoxy) is 1. The van der Waals surface area contributed by atoms with Gasteiger partial charge < -0.3 is 20.0 Å². The molecule has 0 fully saturated rings. The molecule has 1 aliphatic carbocycles. The first kappa shape index (κ1) is 20.3. The van der Waals surface area contributed by atoms with Crippen LogP contribution in [0.1, 0.15) is 37.8 Å². The second-order valence-corrected chi connectivity index (χ2v) is 8.86. The summed E-state index contributed by atoms with van der Waals surface area (Å²) in [5.74, 6) is -0.192. The Kier molecular flexibility index (Phi) is 5.98. The second kappa shape index (κ2) is 8.27. The topological polar surface area (TPSA) is 78.5 Å². The lowest BCUT2D eigenvalue weighted by Crippen LogP contribution is -2.50. The Hall–Kier alpha value is -2.47. The fourth-order valence-electron chi connectivity index (χ4n) is 3.36. The van der Waals surface area contributed by atoms with Gasteiger partial charge in [-0.2, -0.15) is 11.8 Å². The van der Waals surface area contributed by atoms with Crippen LogP contribution in [0.15, 0.2) is 48.5 Å².